The minimum Gasteiger partial charge on any atom is -0.481 e. The van der Waals surface area contributed by atoms with E-state index in [4.69, 9.17) is 37.2 Å². The highest BCUT2D eigenvalue weighted by Gasteiger charge is 2.46. The van der Waals surface area contributed by atoms with E-state index in [0.29, 0.717) is 47.1 Å². The first kappa shape index (κ1) is 126. The Kier molecular flexibility index (Phi) is 59.3. The highest BCUT2D eigenvalue weighted by Crippen LogP contribution is 2.28. The van der Waals surface area contributed by atoms with Gasteiger partial charge in [-0.15, -0.1) is 0 Å². The first-order chi connectivity index (χ1) is 72.0. The molecule has 26 N–H and O–H groups in total. The van der Waals surface area contributed by atoms with Gasteiger partial charge in [-0.25, -0.2) is 4.98 Å². The van der Waals surface area contributed by atoms with Crippen molar-refractivity contribution in [3.8, 4) is 0 Å². The Morgan fingerprint density at radius 3 is 1.50 bits per heavy atom. The summed E-state index contributed by atoms with van der Waals surface area (Å²) in [6.45, 7) is 0.483. The number of carbonyl (C=O) groups is 19. The third kappa shape index (κ3) is 48.7. The van der Waals surface area contributed by atoms with Crippen LogP contribution in [-0.4, -0.2) is 338 Å². The standard InChI is InChI=1S/C100H155N23O25S2/c1-64(124)111-75(42-53-149)93(140)119-78(56-67-58-105-63-110-67)96(143)117-76(54-65-28-13-12-14-29-65)94(141)114-73(35-25-45-108-100(103)104)91(138)118-77(55-66-57-109-69-31-18-17-30-68(66)69)95(142)120-79(62-150)98(145)123-49-27-37-81(123)99(146)122-48-26-36-80(122)97(144)116-72(33-19-22-43-101)90(137)115-74(40-41-85(129)130)92(139)113-71(34-21-24-47-121(59-86(131)132)60-87(133)134)89(136)112-70(88(102)135)32-20-23-44-106-83(126)61-148-52-51-147-50-46-107-82(125)38-15-10-8-6-4-2-3-5-7-9-11-16-39-84(127)128/h12-14,17-18,28-31,57-58,63,70-81,109,149-150H,2-11,15-16,19-27,32-56,59-62,101H2,1H3,(H2,102,135)(H,105,110)(H,106,126)(H,107,125)(H,111,124)(H,112,136)(H,113,139)(H,114,141)(H,115,137)(H,116,144)(H,117,143)(H,118,138)(H,119,140)(H,120,142)(H,127,128)(H,129,130)(H,131,132)(H,133,134)(H4,103,104,108)/t70-,71-,72-,73-,74-,75-,76+,77-,78-,79-,80-,81-/m0/s1. The summed E-state index contributed by atoms with van der Waals surface area (Å²) >= 11 is 8.78. The topological polar surface area (TPSA) is 736 Å². The zero-order valence-electron chi connectivity index (χ0n) is 85.5. The number of ether oxygens (including phenoxy) is 2. The van der Waals surface area contributed by atoms with Gasteiger partial charge >= 0.3 is 23.9 Å². The van der Waals surface area contributed by atoms with Crippen LogP contribution in [0.15, 0.2) is 73.3 Å². The van der Waals surface area contributed by atoms with Gasteiger partial charge in [-0.3, -0.25) is 101 Å². The fraction of sp³-hybridized carbons (Fsp3) is 0.630. The SMILES string of the molecule is CC(=O)N[C@@H](CCS)C(=O)N[C@@H](Cc1c[nH]cn1)C(=O)N[C@H](Cc1ccccc1)C(=O)N[C@@H](CCCNC(=N)N)C(=O)N[C@@H](Cc1c[nH]c2ccccc12)C(=O)N[C@@H](CS)C(=O)N1CCC[C@H]1C(=O)N1CCC[C@H]1C(=O)N[C@@H](CCCCN)C(=O)N[C@@H](CCC(=O)O)C(=O)N[C@@H](CCCCN(CC(=O)O)CC(=O)O)C(=O)N[C@@H](CCCCNC(=O)COCCOCCNC(=O)CCCCCCCCCCCCCCC(=O)O)C(N)=O. The van der Waals surface area contributed by atoms with Crippen LogP contribution in [0, 0.1) is 5.41 Å². The lowest BCUT2D eigenvalue weighted by molar-refractivity contribution is -0.148. The number of carboxylic acids is 4. The van der Waals surface area contributed by atoms with Crippen LogP contribution in [0.1, 0.15) is 229 Å². The number of guanidine groups is 1. The second-order valence-corrected chi connectivity index (χ2v) is 38.3. The Hall–Kier alpha value is -13.1. The number of rotatable bonds is 79. The van der Waals surface area contributed by atoms with Gasteiger partial charge in [-0.05, 0) is 158 Å². The van der Waals surface area contributed by atoms with E-state index in [9.17, 15) is 82.4 Å². The molecule has 4 aromatic rings. The van der Waals surface area contributed by atoms with Crippen LogP contribution in [-0.2, 0) is 120 Å². The van der Waals surface area contributed by atoms with Crippen LogP contribution in [0.5, 0.6) is 0 Å². The number of aliphatic carboxylic acids is 4. The summed E-state index contributed by atoms with van der Waals surface area (Å²) in [4.78, 5) is 274. The number of carbonyl (C=O) groups excluding carboxylic acids is 15. The summed E-state index contributed by atoms with van der Waals surface area (Å²) < 4.78 is 11.0. The van der Waals surface area contributed by atoms with Crippen molar-refractivity contribution in [1.29, 1.82) is 5.41 Å². The number of aromatic amines is 2. The van der Waals surface area contributed by atoms with Crippen LogP contribution in [0.2, 0.25) is 0 Å². The molecule has 832 valence electrons. The molecule has 0 aliphatic carbocycles. The predicted octanol–water partition coefficient (Wildman–Crippen LogP) is 0.384. The van der Waals surface area contributed by atoms with Crippen molar-refractivity contribution in [1.82, 2.24) is 98.8 Å². The Bertz CT molecular complexity index is 4970. The Morgan fingerprint density at radius 2 is 0.940 bits per heavy atom. The van der Waals surface area contributed by atoms with Crippen molar-refractivity contribution < 1.29 is 121 Å². The number of nitrogens with two attached hydrogens (primary N) is 3. The minimum atomic E-state index is -1.76. The van der Waals surface area contributed by atoms with Gasteiger partial charge in [0.25, 0.3) is 0 Å². The van der Waals surface area contributed by atoms with Crippen molar-refractivity contribution >= 4 is 155 Å². The molecule has 2 aromatic heterocycles. The minimum absolute atomic E-state index is 0.00244. The Labute approximate surface area is 883 Å². The summed E-state index contributed by atoms with van der Waals surface area (Å²) in [5.74, 6) is -17.1. The number of carboxylic acid groups (broad SMARTS) is 4. The molecule has 12 atom stereocenters. The lowest BCUT2D eigenvalue weighted by Crippen LogP contribution is -2.61. The summed E-state index contributed by atoms with van der Waals surface area (Å²) in [5.41, 5.74) is 19.4. The van der Waals surface area contributed by atoms with Crippen LogP contribution in [0.4, 0.5) is 0 Å². The van der Waals surface area contributed by atoms with Crippen molar-refractivity contribution in [2.75, 3.05) is 96.8 Å². The van der Waals surface area contributed by atoms with Crippen LogP contribution in [0.25, 0.3) is 10.9 Å². The predicted molar refractivity (Wildman–Crippen MR) is 559 cm³/mol. The van der Waals surface area contributed by atoms with E-state index in [1.165, 1.54) is 42.1 Å². The molecule has 0 unspecified atom stereocenters. The second kappa shape index (κ2) is 70.8. The maximum atomic E-state index is 15.3. The van der Waals surface area contributed by atoms with E-state index < -0.39 is 211 Å². The molecule has 2 aromatic carbocycles. The van der Waals surface area contributed by atoms with Gasteiger partial charge in [0.2, 0.25) is 88.6 Å². The van der Waals surface area contributed by atoms with Crippen molar-refractivity contribution in [3.05, 3.63) is 90.1 Å². The van der Waals surface area contributed by atoms with Crippen LogP contribution < -0.4 is 86.3 Å². The van der Waals surface area contributed by atoms with Gasteiger partial charge in [-0.2, -0.15) is 25.3 Å². The Morgan fingerprint density at radius 1 is 0.460 bits per heavy atom. The molecule has 6 rings (SSSR count). The molecule has 0 saturated carbocycles. The van der Waals surface area contributed by atoms with Crippen molar-refractivity contribution in [2.45, 2.75) is 304 Å². The van der Waals surface area contributed by atoms with Gasteiger partial charge in [0.05, 0.1) is 44.9 Å². The fourth-order valence-corrected chi connectivity index (χ4v) is 18.1. The van der Waals surface area contributed by atoms with Gasteiger partial charge in [0.1, 0.15) is 79.1 Å². The lowest BCUT2D eigenvalue weighted by atomic mass is 10.0. The van der Waals surface area contributed by atoms with Crippen LogP contribution in [0.3, 0.4) is 0 Å². The van der Waals surface area contributed by atoms with E-state index in [1.54, 1.807) is 60.8 Å². The molecule has 4 heterocycles. The van der Waals surface area contributed by atoms with Gasteiger partial charge in [0.15, 0.2) is 5.96 Å². The average Bonchev–Trinajstić information content (AvgIpc) is 1.65. The summed E-state index contributed by atoms with van der Waals surface area (Å²) in [6.07, 6.45) is 16.9. The van der Waals surface area contributed by atoms with Gasteiger partial charge < -0.3 is 136 Å². The molecule has 15 amide bonds. The molecule has 2 saturated heterocycles. The number of thiol groups is 2. The monoisotopic (exact) mass is 2140 g/mol. The number of aromatic nitrogens is 3. The number of para-hydroxylation sites is 1. The smallest absolute Gasteiger partial charge is 0.317 e. The first-order valence-corrected chi connectivity index (χ1v) is 53.0. The molecule has 2 aliphatic heterocycles. The summed E-state index contributed by atoms with van der Waals surface area (Å²) in [7, 11) is 0. The zero-order chi connectivity index (χ0) is 110. The largest absolute Gasteiger partial charge is 0.481 e. The number of nitrogens with one attached hydrogen (secondary N) is 16. The number of benzene rings is 2. The van der Waals surface area contributed by atoms with E-state index >= 15 is 24.0 Å². The Balaban J connectivity index is 1.11. The molecule has 2 fully saturated rings. The normalized spacial score (nSPS) is 15.3. The van der Waals surface area contributed by atoms with E-state index in [2.05, 4.69) is 109 Å². The number of likely N-dealkylation sites (tertiary alicyclic amines) is 2. The molecule has 50 heteroatoms. The van der Waals surface area contributed by atoms with Gasteiger partial charge in [0, 0.05) is 107 Å². The number of unbranched alkanes of at least 4 members (excludes halogenated alkanes) is 14. The third-order valence-electron chi connectivity index (χ3n) is 25.5. The number of fused-ring (bicyclic) bond motifs is 1. The second-order valence-electron chi connectivity index (χ2n) is 37.5. The maximum Gasteiger partial charge on any atom is 0.317 e. The average molecular weight is 2140 g/mol. The number of hydrogen-bond donors (Lipinski definition) is 25. The van der Waals surface area contributed by atoms with E-state index in [0.717, 1.165) is 69.1 Å². The molecule has 0 spiro atoms. The molecule has 48 nitrogen and oxygen atoms in total. The fourth-order valence-electron chi connectivity index (χ4n) is 17.6. The molecule has 0 radical (unpaired) electrons. The number of amides is 15. The number of primary amides is 1. The summed E-state index contributed by atoms with van der Waals surface area (Å²) in [6, 6.07) is -1.58. The molecular formula is C100H155N23O25S2. The van der Waals surface area contributed by atoms with E-state index in [1.807, 2.05) is 0 Å². The van der Waals surface area contributed by atoms with Gasteiger partial charge in [-0.1, -0.05) is 113 Å². The zero-order valence-corrected chi connectivity index (χ0v) is 87.3. The number of hydrogen-bond acceptors (Lipinski definition) is 27. The summed E-state index contributed by atoms with van der Waals surface area (Å²) in [5, 5.41) is 81.1. The highest BCUT2D eigenvalue weighted by molar-refractivity contribution is 7.80. The lowest BCUT2D eigenvalue weighted by Gasteiger charge is -2.33. The molecule has 2 aliphatic rings. The molecule has 0 bridgehead atoms. The molecule has 150 heavy (non-hydrogen) atoms. The maximum absolute atomic E-state index is 15.3. The molecular weight excluding hydrogens is 1990 g/mol. The first-order valence-electron chi connectivity index (χ1n) is 51.7. The quantitative estimate of drug-likeness (QED) is 0.0123. The number of H-pyrrole nitrogens is 2. The number of imidazole rings is 1. The number of nitrogens with zero attached hydrogens (tertiary/aromatic N) is 4. The van der Waals surface area contributed by atoms with E-state index in [-0.39, 0.29) is 205 Å². The van der Waals surface area contributed by atoms with Crippen molar-refractivity contribution in [2.24, 2.45) is 17.2 Å². The third-order valence-corrected chi connectivity index (χ3v) is 26.1. The van der Waals surface area contributed by atoms with Crippen molar-refractivity contribution in [3.63, 3.8) is 0 Å². The highest BCUT2D eigenvalue weighted by atomic mass is 32.1. The van der Waals surface area contributed by atoms with Crippen LogP contribution >= 0.6 is 25.3 Å².